The Morgan fingerprint density at radius 2 is 1.69 bits per heavy atom. The minimum absolute atomic E-state index is 0.00463. The lowest BCUT2D eigenvalue weighted by molar-refractivity contribution is -0.149. The van der Waals surface area contributed by atoms with Gasteiger partial charge in [0.05, 0.1) is 17.8 Å². The van der Waals surface area contributed by atoms with Gasteiger partial charge in [0.25, 0.3) is 0 Å². The van der Waals surface area contributed by atoms with Crippen LogP contribution in [0.4, 0.5) is 32.4 Å². The van der Waals surface area contributed by atoms with Gasteiger partial charge in [0.2, 0.25) is 0 Å². The van der Waals surface area contributed by atoms with Crippen LogP contribution in [0.5, 0.6) is 0 Å². The molecule has 3 rings (SSSR count). The molecule has 1 aliphatic heterocycles. The highest BCUT2D eigenvalue weighted by Crippen LogP contribution is 2.48. The minimum atomic E-state index is -4.72. The summed E-state index contributed by atoms with van der Waals surface area (Å²) >= 11 is 0. The van der Waals surface area contributed by atoms with E-state index in [0.29, 0.717) is 4.90 Å². The monoisotopic (exact) mass is 411 g/mol. The van der Waals surface area contributed by atoms with Crippen LogP contribution in [0.3, 0.4) is 0 Å². The Morgan fingerprint density at radius 1 is 1.07 bits per heavy atom. The fraction of sp³-hybridized carbons (Fsp3) is 0.300. The molecule has 9 heteroatoms. The maximum absolute atomic E-state index is 14.2. The lowest BCUT2D eigenvalue weighted by Crippen LogP contribution is -2.61. The molecule has 0 bridgehead atoms. The second kappa shape index (κ2) is 7.46. The maximum Gasteiger partial charge on any atom is 0.406 e. The summed E-state index contributed by atoms with van der Waals surface area (Å²) in [6.07, 6.45) is -3.85. The van der Waals surface area contributed by atoms with E-state index in [4.69, 9.17) is 5.41 Å². The van der Waals surface area contributed by atoms with Crippen LogP contribution in [-0.2, 0) is 5.54 Å². The van der Waals surface area contributed by atoms with E-state index in [9.17, 15) is 26.7 Å². The van der Waals surface area contributed by atoms with Crippen LogP contribution in [0.25, 0.3) is 0 Å². The van der Waals surface area contributed by atoms with Crippen LogP contribution in [0.2, 0.25) is 0 Å². The smallest absolute Gasteiger partial charge is 0.311 e. The van der Waals surface area contributed by atoms with Crippen molar-refractivity contribution in [3.05, 3.63) is 65.2 Å². The fourth-order valence-electron chi connectivity index (χ4n) is 3.90. The van der Waals surface area contributed by atoms with Crippen molar-refractivity contribution in [3.63, 3.8) is 0 Å². The number of carbonyl (C=O) groups excluding carboxylic acids is 1. The van der Waals surface area contributed by atoms with Crippen LogP contribution in [0.1, 0.15) is 24.5 Å². The first-order valence-corrected chi connectivity index (χ1v) is 8.85. The van der Waals surface area contributed by atoms with E-state index in [1.807, 2.05) is 0 Å². The zero-order valence-corrected chi connectivity index (χ0v) is 15.4. The molecule has 154 valence electrons. The molecule has 1 aliphatic rings. The van der Waals surface area contributed by atoms with Gasteiger partial charge in [-0.05, 0) is 42.3 Å². The van der Waals surface area contributed by atoms with E-state index in [0.717, 1.165) is 35.4 Å². The van der Waals surface area contributed by atoms with Crippen molar-refractivity contribution in [1.82, 2.24) is 4.90 Å². The van der Waals surface area contributed by atoms with Gasteiger partial charge in [0, 0.05) is 11.8 Å². The van der Waals surface area contributed by atoms with Crippen LogP contribution in [-0.4, -0.2) is 36.4 Å². The highest BCUT2D eigenvalue weighted by atomic mass is 19.4. The van der Waals surface area contributed by atoms with E-state index in [1.165, 1.54) is 18.2 Å². The van der Waals surface area contributed by atoms with E-state index in [1.54, 1.807) is 6.92 Å². The molecule has 2 aromatic rings. The van der Waals surface area contributed by atoms with Gasteiger partial charge in [0.1, 0.15) is 18.2 Å². The number of carbonyl (C=O) groups is 1. The lowest BCUT2D eigenvalue weighted by atomic mass is 9.76. The van der Waals surface area contributed by atoms with Crippen molar-refractivity contribution >= 4 is 17.9 Å². The van der Waals surface area contributed by atoms with Crippen LogP contribution >= 0.6 is 0 Å². The Kier molecular flexibility index (Phi) is 5.34. The van der Waals surface area contributed by atoms with Crippen LogP contribution in [0.15, 0.2) is 42.5 Å². The lowest BCUT2D eigenvalue weighted by Gasteiger charge is -2.51. The first-order chi connectivity index (χ1) is 13.6. The van der Waals surface area contributed by atoms with Gasteiger partial charge >= 0.3 is 12.2 Å². The van der Waals surface area contributed by atoms with Gasteiger partial charge < -0.3 is 10.3 Å². The van der Waals surface area contributed by atoms with Crippen molar-refractivity contribution in [2.75, 3.05) is 18.0 Å². The quantitative estimate of drug-likeness (QED) is 0.542. The van der Waals surface area contributed by atoms with Gasteiger partial charge in [-0.25, -0.2) is 13.6 Å². The maximum atomic E-state index is 14.2. The summed E-state index contributed by atoms with van der Waals surface area (Å²) in [5, 5.41) is 7.31. The van der Waals surface area contributed by atoms with Gasteiger partial charge in [-0.3, -0.25) is 4.90 Å². The average molecular weight is 411 g/mol. The van der Waals surface area contributed by atoms with E-state index >= 15 is 0 Å². The molecule has 4 nitrogen and oxygen atoms in total. The molecule has 29 heavy (non-hydrogen) atoms. The van der Waals surface area contributed by atoms with Crippen molar-refractivity contribution in [1.29, 1.82) is 5.41 Å². The predicted octanol–water partition coefficient (Wildman–Crippen LogP) is 5.07. The Balaban J connectivity index is 2.36. The number of urea groups is 1. The molecule has 0 aliphatic carbocycles. The summed E-state index contributed by atoms with van der Waals surface area (Å²) in [5.41, 5.74) is -1.06. The number of hydrogen-bond acceptors (Lipinski definition) is 2. The highest BCUT2D eigenvalue weighted by Gasteiger charge is 2.52. The molecule has 0 aromatic heterocycles. The second-order valence-corrected chi connectivity index (χ2v) is 6.68. The summed E-state index contributed by atoms with van der Waals surface area (Å²) in [5.74, 6) is -1.27. The van der Waals surface area contributed by atoms with Crippen molar-refractivity contribution in [2.24, 2.45) is 0 Å². The van der Waals surface area contributed by atoms with Gasteiger partial charge in [-0.2, -0.15) is 13.2 Å². The number of benzene rings is 2. The molecule has 0 saturated carbocycles. The molecule has 0 spiro atoms. The molecule has 1 heterocycles. The van der Waals surface area contributed by atoms with E-state index < -0.39 is 35.9 Å². The van der Waals surface area contributed by atoms with Gasteiger partial charge in [-0.15, -0.1) is 0 Å². The number of rotatable bonds is 5. The summed E-state index contributed by atoms with van der Waals surface area (Å²) in [6, 6.07) is 7.33. The molecular formula is C20H18F5N3O. The average Bonchev–Trinajstić information content (AvgIpc) is 2.66. The summed E-state index contributed by atoms with van der Waals surface area (Å²) in [4.78, 5) is 14.8. The third-order valence-corrected chi connectivity index (χ3v) is 5.06. The first kappa shape index (κ1) is 20.8. The van der Waals surface area contributed by atoms with Crippen LogP contribution in [0, 0.1) is 17.0 Å². The summed E-state index contributed by atoms with van der Waals surface area (Å²) in [6.45, 7) is -0.266. The predicted molar refractivity (Wildman–Crippen MR) is 98.2 cm³/mol. The van der Waals surface area contributed by atoms with Crippen molar-refractivity contribution in [3.8, 4) is 0 Å². The number of halogens is 5. The van der Waals surface area contributed by atoms with Gasteiger partial charge in [-0.1, -0.05) is 19.1 Å². The number of amides is 2. The SMILES string of the molecule is CCC1(c2ccc(F)cc2)c2cc(F)ccc2N(CC=N)C(=O)N1CC(F)(F)F. The molecule has 1 N–H and O–H groups in total. The van der Waals surface area contributed by atoms with Crippen LogP contribution < -0.4 is 4.90 Å². The number of nitrogens with one attached hydrogen (secondary N) is 1. The summed E-state index contributed by atoms with van der Waals surface area (Å²) in [7, 11) is 0. The largest absolute Gasteiger partial charge is 0.406 e. The standard InChI is InChI=1S/C20H18F5N3O/c1-2-19(13-3-5-14(21)6-4-13)16-11-15(22)7-8-17(16)27(10-9-26)18(29)28(19)12-20(23,24)25/h3-9,11,26H,2,10,12H2,1H3. The first-order valence-electron chi connectivity index (χ1n) is 8.85. The number of alkyl halides is 3. The normalized spacial score (nSPS) is 19.3. The topological polar surface area (TPSA) is 47.4 Å². The third-order valence-electron chi connectivity index (χ3n) is 5.06. The Labute approximate surface area is 164 Å². The van der Waals surface area contributed by atoms with E-state index in [2.05, 4.69) is 0 Å². The molecule has 1 atom stereocenters. The number of hydrogen-bond donors (Lipinski definition) is 1. The van der Waals surface area contributed by atoms with Gasteiger partial charge in [0.15, 0.2) is 0 Å². The molecule has 0 fully saturated rings. The molecule has 1 unspecified atom stereocenters. The molecule has 0 saturated heterocycles. The van der Waals surface area contributed by atoms with E-state index in [-0.39, 0.29) is 29.8 Å². The Bertz CT molecular complexity index is 929. The van der Waals surface area contributed by atoms with Crippen molar-refractivity contribution < 1.29 is 26.7 Å². The highest BCUT2D eigenvalue weighted by molar-refractivity contribution is 5.99. The zero-order chi connectivity index (χ0) is 21.4. The second-order valence-electron chi connectivity index (χ2n) is 6.68. The third kappa shape index (κ3) is 3.56. The fourth-order valence-corrected chi connectivity index (χ4v) is 3.90. The summed E-state index contributed by atoms with van der Waals surface area (Å²) < 4.78 is 68.0. The Hall–Kier alpha value is -2.97. The van der Waals surface area contributed by atoms with Crippen molar-refractivity contribution in [2.45, 2.75) is 25.1 Å². The Morgan fingerprint density at radius 3 is 2.24 bits per heavy atom. The minimum Gasteiger partial charge on any atom is -0.311 e. The number of anilines is 1. The molecular weight excluding hydrogens is 393 g/mol. The molecule has 2 aromatic carbocycles. The molecule has 2 amide bonds. The molecule has 0 radical (unpaired) electrons. The zero-order valence-electron chi connectivity index (χ0n) is 15.4. The number of fused-ring (bicyclic) bond motifs is 1. The number of nitrogens with zero attached hydrogens (tertiary/aromatic N) is 2.